The SMILES string of the molecule is NC1(CO)CCN(c2nn3cc(-c4ccc(Cl)cc4)nc3s2)CC1. The molecular weight excluding hydrogens is 346 g/mol. The monoisotopic (exact) mass is 363 g/mol. The third-order valence-corrected chi connectivity index (χ3v) is 5.75. The van der Waals surface area contributed by atoms with Crippen LogP contribution in [0.1, 0.15) is 12.8 Å². The third-order valence-electron chi connectivity index (χ3n) is 4.52. The van der Waals surface area contributed by atoms with Crippen molar-refractivity contribution in [3.05, 3.63) is 35.5 Å². The molecule has 0 radical (unpaired) electrons. The summed E-state index contributed by atoms with van der Waals surface area (Å²) in [7, 11) is 0. The number of nitrogens with two attached hydrogens (primary N) is 1. The van der Waals surface area contributed by atoms with Crippen molar-refractivity contribution in [2.45, 2.75) is 18.4 Å². The molecule has 8 heteroatoms. The molecule has 126 valence electrons. The van der Waals surface area contributed by atoms with Crippen LogP contribution >= 0.6 is 22.9 Å². The zero-order valence-electron chi connectivity index (χ0n) is 13.0. The van der Waals surface area contributed by atoms with Crippen molar-refractivity contribution < 1.29 is 5.11 Å². The molecule has 0 unspecified atom stereocenters. The van der Waals surface area contributed by atoms with Crippen LogP contribution in [0, 0.1) is 0 Å². The molecule has 3 heterocycles. The fourth-order valence-corrected chi connectivity index (χ4v) is 3.94. The molecule has 0 amide bonds. The average Bonchev–Trinajstić information content (AvgIpc) is 3.15. The number of nitrogens with zero attached hydrogens (tertiary/aromatic N) is 4. The van der Waals surface area contributed by atoms with Gasteiger partial charge in [-0.2, -0.15) is 0 Å². The summed E-state index contributed by atoms with van der Waals surface area (Å²) >= 11 is 7.50. The van der Waals surface area contributed by atoms with Gasteiger partial charge in [-0.05, 0) is 25.0 Å². The smallest absolute Gasteiger partial charge is 0.214 e. The summed E-state index contributed by atoms with van der Waals surface area (Å²) in [5.41, 5.74) is 7.59. The molecule has 0 atom stereocenters. The zero-order chi connectivity index (χ0) is 16.7. The van der Waals surface area contributed by atoms with Crippen LogP contribution in [0.15, 0.2) is 30.5 Å². The van der Waals surface area contributed by atoms with Crippen LogP contribution in [-0.4, -0.2) is 44.9 Å². The fraction of sp³-hybridized carbons (Fsp3) is 0.375. The number of aromatic nitrogens is 3. The summed E-state index contributed by atoms with van der Waals surface area (Å²) in [4.78, 5) is 7.73. The van der Waals surface area contributed by atoms with E-state index >= 15 is 0 Å². The van der Waals surface area contributed by atoms with Crippen molar-refractivity contribution in [2.24, 2.45) is 5.73 Å². The first-order chi connectivity index (χ1) is 11.6. The quantitative estimate of drug-likeness (QED) is 0.747. The highest BCUT2D eigenvalue weighted by molar-refractivity contribution is 7.20. The van der Waals surface area contributed by atoms with Crippen LogP contribution in [0.3, 0.4) is 0 Å². The molecule has 2 aromatic heterocycles. The lowest BCUT2D eigenvalue weighted by molar-refractivity contribution is 0.170. The predicted octanol–water partition coefficient (Wildman–Crippen LogP) is 2.40. The summed E-state index contributed by atoms with van der Waals surface area (Å²) in [5.74, 6) is 0. The van der Waals surface area contributed by atoms with Gasteiger partial charge in [-0.1, -0.05) is 35.1 Å². The molecular formula is C16H18ClN5OS. The molecule has 1 fully saturated rings. The predicted molar refractivity (Wildman–Crippen MR) is 96.8 cm³/mol. The minimum absolute atomic E-state index is 0.0342. The van der Waals surface area contributed by atoms with Crippen molar-refractivity contribution in [3.8, 4) is 11.3 Å². The van der Waals surface area contributed by atoms with E-state index in [0.717, 1.165) is 47.3 Å². The Morgan fingerprint density at radius 2 is 1.96 bits per heavy atom. The van der Waals surface area contributed by atoms with Crippen LogP contribution in [0.4, 0.5) is 5.13 Å². The van der Waals surface area contributed by atoms with Crippen molar-refractivity contribution in [2.75, 3.05) is 24.6 Å². The first-order valence-electron chi connectivity index (χ1n) is 7.83. The number of halogens is 1. The molecule has 1 aliphatic rings. The number of rotatable bonds is 3. The van der Waals surface area contributed by atoms with Gasteiger partial charge in [-0.15, -0.1) is 5.10 Å². The second-order valence-corrected chi connectivity index (χ2v) is 7.62. The van der Waals surface area contributed by atoms with Gasteiger partial charge < -0.3 is 15.7 Å². The summed E-state index contributed by atoms with van der Waals surface area (Å²) in [6.45, 7) is 1.64. The van der Waals surface area contributed by atoms with Crippen LogP contribution in [-0.2, 0) is 0 Å². The average molecular weight is 364 g/mol. The number of anilines is 1. The Bertz CT molecular complexity index is 820. The standard InChI is InChI=1S/C16H18ClN5OS/c17-12-3-1-11(2-4-12)13-9-22-14(19-13)24-15(20-22)21-7-5-16(18,10-23)6-8-21/h1-4,9,23H,5-8,10,18H2. The van der Waals surface area contributed by atoms with E-state index in [1.807, 2.05) is 35.0 Å². The van der Waals surface area contributed by atoms with Gasteiger partial charge in [0.2, 0.25) is 10.1 Å². The third kappa shape index (κ3) is 2.88. The lowest BCUT2D eigenvalue weighted by Gasteiger charge is -2.37. The molecule has 1 saturated heterocycles. The molecule has 0 bridgehead atoms. The number of benzene rings is 1. The molecule has 1 aromatic carbocycles. The molecule has 3 N–H and O–H groups in total. The van der Waals surface area contributed by atoms with E-state index in [1.165, 1.54) is 0 Å². The molecule has 24 heavy (non-hydrogen) atoms. The lowest BCUT2D eigenvalue weighted by Crippen LogP contribution is -2.52. The second kappa shape index (κ2) is 6.00. The molecule has 0 spiro atoms. The Balaban J connectivity index is 1.55. The van der Waals surface area contributed by atoms with E-state index in [2.05, 4.69) is 15.0 Å². The molecule has 1 aliphatic heterocycles. The van der Waals surface area contributed by atoms with Crippen LogP contribution < -0.4 is 10.6 Å². The van der Waals surface area contributed by atoms with E-state index in [4.69, 9.17) is 17.3 Å². The summed E-state index contributed by atoms with van der Waals surface area (Å²) in [5, 5.41) is 15.7. The zero-order valence-corrected chi connectivity index (χ0v) is 14.6. The van der Waals surface area contributed by atoms with E-state index in [1.54, 1.807) is 11.3 Å². The molecule has 3 aromatic rings. The Hall–Kier alpha value is -1.67. The summed E-state index contributed by atoms with van der Waals surface area (Å²) < 4.78 is 1.82. The Morgan fingerprint density at radius 1 is 1.25 bits per heavy atom. The highest BCUT2D eigenvalue weighted by atomic mass is 35.5. The highest BCUT2D eigenvalue weighted by Crippen LogP contribution is 2.30. The van der Waals surface area contributed by atoms with Crippen LogP contribution in [0.25, 0.3) is 16.2 Å². The molecule has 0 saturated carbocycles. The van der Waals surface area contributed by atoms with Crippen molar-refractivity contribution in [3.63, 3.8) is 0 Å². The number of hydrogen-bond acceptors (Lipinski definition) is 6. The van der Waals surface area contributed by atoms with Gasteiger partial charge >= 0.3 is 0 Å². The van der Waals surface area contributed by atoms with Gasteiger partial charge in [0.15, 0.2) is 0 Å². The maximum Gasteiger partial charge on any atom is 0.214 e. The van der Waals surface area contributed by atoms with Gasteiger partial charge in [-0.3, -0.25) is 0 Å². The van der Waals surface area contributed by atoms with Crippen molar-refractivity contribution in [1.82, 2.24) is 14.6 Å². The van der Waals surface area contributed by atoms with Gasteiger partial charge in [0.05, 0.1) is 18.5 Å². The normalized spacial score (nSPS) is 17.5. The van der Waals surface area contributed by atoms with Gasteiger partial charge in [0, 0.05) is 29.2 Å². The van der Waals surface area contributed by atoms with Gasteiger partial charge in [0.25, 0.3) is 0 Å². The minimum atomic E-state index is -0.449. The van der Waals surface area contributed by atoms with E-state index in [0.29, 0.717) is 5.02 Å². The number of piperidine rings is 1. The lowest BCUT2D eigenvalue weighted by atomic mass is 9.90. The Kier molecular flexibility index (Phi) is 3.96. The van der Waals surface area contributed by atoms with Crippen LogP contribution in [0.5, 0.6) is 0 Å². The second-order valence-electron chi connectivity index (χ2n) is 6.25. The van der Waals surface area contributed by atoms with E-state index in [-0.39, 0.29) is 6.61 Å². The summed E-state index contributed by atoms with van der Waals surface area (Å²) in [6.07, 6.45) is 3.46. The minimum Gasteiger partial charge on any atom is -0.394 e. The number of aliphatic hydroxyl groups is 1. The molecule has 6 nitrogen and oxygen atoms in total. The first-order valence-corrected chi connectivity index (χ1v) is 9.03. The highest BCUT2D eigenvalue weighted by Gasteiger charge is 2.31. The van der Waals surface area contributed by atoms with E-state index in [9.17, 15) is 5.11 Å². The maximum atomic E-state index is 9.37. The van der Waals surface area contributed by atoms with Crippen LogP contribution in [0.2, 0.25) is 5.02 Å². The fourth-order valence-electron chi connectivity index (χ4n) is 2.88. The van der Waals surface area contributed by atoms with E-state index < -0.39 is 5.54 Å². The largest absolute Gasteiger partial charge is 0.394 e. The number of imidazole rings is 1. The Labute approximate surface area is 148 Å². The number of fused-ring (bicyclic) bond motifs is 1. The molecule has 0 aliphatic carbocycles. The Morgan fingerprint density at radius 3 is 2.58 bits per heavy atom. The van der Waals surface area contributed by atoms with Gasteiger partial charge in [0.1, 0.15) is 0 Å². The van der Waals surface area contributed by atoms with Crippen molar-refractivity contribution in [1.29, 1.82) is 0 Å². The first kappa shape index (κ1) is 15.8. The topological polar surface area (TPSA) is 79.7 Å². The van der Waals surface area contributed by atoms with Crippen molar-refractivity contribution >= 4 is 33.0 Å². The maximum absolute atomic E-state index is 9.37. The number of aliphatic hydroxyl groups excluding tert-OH is 1. The molecule has 4 rings (SSSR count). The number of hydrogen-bond donors (Lipinski definition) is 2. The van der Waals surface area contributed by atoms with Gasteiger partial charge in [-0.25, -0.2) is 9.50 Å². The summed E-state index contributed by atoms with van der Waals surface area (Å²) in [6, 6.07) is 7.63.